The van der Waals surface area contributed by atoms with Crippen molar-refractivity contribution in [2.24, 2.45) is 0 Å². The van der Waals surface area contributed by atoms with Crippen molar-refractivity contribution in [2.45, 2.75) is 6.92 Å². The zero-order valence-electron chi connectivity index (χ0n) is 8.75. The van der Waals surface area contributed by atoms with Crippen molar-refractivity contribution in [3.63, 3.8) is 0 Å². The summed E-state index contributed by atoms with van der Waals surface area (Å²) >= 11 is 11.2. The van der Waals surface area contributed by atoms with Gasteiger partial charge in [0.15, 0.2) is 0 Å². The number of benzene rings is 1. The molecule has 0 spiro atoms. The van der Waals surface area contributed by atoms with Crippen LogP contribution in [-0.2, 0) is 0 Å². The zero-order chi connectivity index (χ0) is 12.6. The number of aryl methyl sites for hydroxylation is 1. The van der Waals surface area contributed by atoms with E-state index in [1.54, 1.807) is 0 Å². The second kappa shape index (κ2) is 5.07. The molecule has 0 aliphatic rings. The Hall–Kier alpha value is -0.400. The second-order valence-corrected chi connectivity index (χ2v) is 5.80. The molecule has 0 atom stereocenters. The van der Waals surface area contributed by atoms with E-state index in [-0.39, 0.29) is 5.56 Å². The standard InChI is InChI=1S/C11H7BrClIN2O/c1-6-4-7(2-3-8(6)12)16-11(17)10(14)9(13)5-15-16/h2-5H,1H3. The largest absolute Gasteiger partial charge is 0.286 e. The van der Waals surface area contributed by atoms with Crippen LogP contribution in [-0.4, -0.2) is 9.78 Å². The third-order valence-electron chi connectivity index (χ3n) is 2.26. The number of rotatable bonds is 1. The molecule has 1 aromatic carbocycles. The summed E-state index contributed by atoms with van der Waals surface area (Å²) in [5, 5.41) is 4.41. The molecule has 0 amide bonds. The molecule has 0 bridgehead atoms. The maximum atomic E-state index is 12.0. The summed E-state index contributed by atoms with van der Waals surface area (Å²) in [6, 6.07) is 5.61. The van der Waals surface area contributed by atoms with E-state index < -0.39 is 0 Å². The molecule has 88 valence electrons. The minimum atomic E-state index is -0.208. The van der Waals surface area contributed by atoms with E-state index in [4.69, 9.17) is 11.6 Å². The van der Waals surface area contributed by atoms with Gasteiger partial charge < -0.3 is 0 Å². The van der Waals surface area contributed by atoms with Gasteiger partial charge in [0.25, 0.3) is 5.56 Å². The van der Waals surface area contributed by atoms with Gasteiger partial charge in [-0.25, -0.2) is 0 Å². The Morgan fingerprint density at radius 2 is 2.18 bits per heavy atom. The van der Waals surface area contributed by atoms with Crippen LogP contribution in [0, 0.1) is 10.5 Å². The minimum absolute atomic E-state index is 0.208. The molecule has 3 nitrogen and oxygen atoms in total. The fraction of sp³-hybridized carbons (Fsp3) is 0.0909. The molecule has 0 saturated heterocycles. The molecule has 1 aromatic heterocycles. The van der Waals surface area contributed by atoms with Gasteiger partial charge in [-0.2, -0.15) is 9.78 Å². The molecule has 0 unspecified atom stereocenters. The highest BCUT2D eigenvalue weighted by Gasteiger charge is 2.09. The molecule has 0 aliphatic heterocycles. The van der Waals surface area contributed by atoms with Crippen LogP contribution in [0.15, 0.2) is 33.7 Å². The Labute approximate surface area is 125 Å². The smallest absolute Gasteiger partial charge is 0.266 e. The summed E-state index contributed by atoms with van der Waals surface area (Å²) < 4.78 is 2.81. The zero-order valence-corrected chi connectivity index (χ0v) is 13.2. The van der Waals surface area contributed by atoms with Crippen LogP contribution in [0.4, 0.5) is 0 Å². The van der Waals surface area contributed by atoms with Crippen LogP contribution in [0.1, 0.15) is 5.56 Å². The Kier molecular flexibility index (Phi) is 3.89. The highest BCUT2D eigenvalue weighted by molar-refractivity contribution is 14.1. The molecule has 2 rings (SSSR count). The van der Waals surface area contributed by atoms with Crippen molar-refractivity contribution in [1.82, 2.24) is 9.78 Å². The molecule has 17 heavy (non-hydrogen) atoms. The van der Waals surface area contributed by atoms with Crippen LogP contribution in [0.3, 0.4) is 0 Å². The summed E-state index contributed by atoms with van der Waals surface area (Å²) in [5.41, 5.74) is 1.56. The molecule has 0 N–H and O–H groups in total. The predicted molar refractivity (Wildman–Crippen MR) is 80.0 cm³/mol. The lowest BCUT2D eigenvalue weighted by Crippen LogP contribution is -2.23. The minimum Gasteiger partial charge on any atom is -0.266 e. The lowest BCUT2D eigenvalue weighted by atomic mass is 10.2. The third-order valence-corrected chi connectivity index (χ3v) is 4.80. The molecular weight excluding hydrogens is 418 g/mol. The average molecular weight is 425 g/mol. The van der Waals surface area contributed by atoms with Crippen LogP contribution in [0.2, 0.25) is 5.02 Å². The fourth-order valence-corrected chi connectivity index (χ4v) is 2.10. The summed E-state index contributed by atoms with van der Waals surface area (Å²) in [4.78, 5) is 12.0. The Morgan fingerprint density at radius 3 is 2.82 bits per heavy atom. The first-order valence-electron chi connectivity index (χ1n) is 4.70. The van der Waals surface area contributed by atoms with Gasteiger partial charge in [0.05, 0.1) is 16.9 Å². The molecule has 0 saturated carbocycles. The molecule has 2 aromatic rings. The number of hydrogen-bond donors (Lipinski definition) is 0. The van der Waals surface area contributed by atoms with E-state index in [9.17, 15) is 4.79 Å². The van der Waals surface area contributed by atoms with Gasteiger partial charge >= 0.3 is 0 Å². The fourth-order valence-electron chi connectivity index (χ4n) is 1.36. The van der Waals surface area contributed by atoms with Crippen molar-refractivity contribution in [3.8, 4) is 5.69 Å². The molecule has 6 heteroatoms. The normalized spacial score (nSPS) is 10.6. The van der Waals surface area contributed by atoms with E-state index in [1.807, 2.05) is 47.7 Å². The maximum Gasteiger partial charge on any atom is 0.286 e. The number of aromatic nitrogens is 2. The highest BCUT2D eigenvalue weighted by Crippen LogP contribution is 2.19. The van der Waals surface area contributed by atoms with Crippen molar-refractivity contribution in [1.29, 1.82) is 0 Å². The molecule has 1 heterocycles. The van der Waals surface area contributed by atoms with Gasteiger partial charge in [-0.3, -0.25) is 4.79 Å². The molecule has 0 fully saturated rings. The Bertz CT molecular complexity index is 642. The third kappa shape index (κ3) is 2.56. The van der Waals surface area contributed by atoms with E-state index in [0.29, 0.717) is 8.59 Å². The lowest BCUT2D eigenvalue weighted by Gasteiger charge is -2.07. The first kappa shape index (κ1) is 13.0. The SMILES string of the molecule is Cc1cc(-n2ncc(Cl)c(I)c2=O)ccc1Br. The van der Waals surface area contributed by atoms with Crippen molar-refractivity contribution in [2.75, 3.05) is 0 Å². The summed E-state index contributed by atoms with van der Waals surface area (Å²) in [6.07, 6.45) is 1.47. The highest BCUT2D eigenvalue weighted by atomic mass is 127. The van der Waals surface area contributed by atoms with Crippen molar-refractivity contribution >= 4 is 50.1 Å². The summed E-state index contributed by atoms with van der Waals surface area (Å²) in [6.45, 7) is 1.96. The van der Waals surface area contributed by atoms with Crippen molar-refractivity contribution < 1.29 is 0 Å². The molecule has 0 aliphatic carbocycles. The van der Waals surface area contributed by atoms with E-state index in [1.165, 1.54) is 10.9 Å². The van der Waals surface area contributed by atoms with Crippen molar-refractivity contribution in [3.05, 3.63) is 53.4 Å². The van der Waals surface area contributed by atoms with Gasteiger partial charge in [-0.05, 0) is 53.3 Å². The van der Waals surface area contributed by atoms with Gasteiger partial charge in [-0.15, -0.1) is 0 Å². The van der Waals surface area contributed by atoms with E-state index in [0.717, 1.165) is 15.7 Å². The van der Waals surface area contributed by atoms with Crippen LogP contribution in [0.5, 0.6) is 0 Å². The number of nitrogens with zero attached hydrogens (tertiary/aromatic N) is 2. The Balaban J connectivity index is 2.65. The first-order valence-corrected chi connectivity index (χ1v) is 6.95. The number of hydrogen-bond acceptors (Lipinski definition) is 2. The summed E-state index contributed by atoms with van der Waals surface area (Å²) in [7, 11) is 0. The van der Waals surface area contributed by atoms with Crippen LogP contribution < -0.4 is 5.56 Å². The maximum absolute atomic E-state index is 12.0. The Morgan fingerprint density at radius 1 is 1.47 bits per heavy atom. The second-order valence-electron chi connectivity index (χ2n) is 3.46. The van der Waals surface area contributed by atoms with Gasteiger partial charge in [0.1, 0.15) is 3.57 Å². The lowest BCUT2D eigenvalue weighted by molar-refractivity contribution is 0.799. The van der Waals surface area contributed by atoms with Gasteiger partial charge in [0, 0.05) is 4.47 Å². The van der Waals surface area contributed by atoms with Crippen LogP contribution >= 0.6 is 50.1 Å². The first-order chi connectivity index (χ1) is 8.00. The molecule has 0 radical (unpaired) electrons. The quantitative estimate of drug-likeness (QED) is 0.655. The average Bonchev–Trinajstić information content (AvgIpc) is 2.30. The van der Waals surface area contributed by atoms with Gasteiger partial charge in [-0.1, -0.05) is 27.5 Å². The van der Waals surface area contributed by atoms with E-state index in [2.05, 4.69) is 21.0 Å². The van der Waals surface area contributed by atoms with Crippen LogP contribution in [0.25, 0.3) is 5.69 Å². The number of halogens is 3. The van der Waals surface area contributed by atoms with Gasteiger partial charge in [0.2, 0.25) is 0 Å². The summed E-state index contributed by atoms with van der Waals surface area (Å²) in [5.74, 6) is 0. The monoisotopic (exact) mass is 424 g/mol. The molecular formula is C11H7BrClIN2O. The van der Waals surface area contributed by atoms with E-state index >= 15 is 0 Å². The topological polar surface area (TPSA) is 34.9 Å². The predicted octanol–water partition coefficient (Wildman–Crippen LogP) is 3.56.